The molecule has 0 saturated carbocycles. The molecular weight excluding hydrogens is 202 g/mol. The van der Waals surface area contributed by atoms with Gasteiger partial charge >= 0.3 is 12.3 Å². The first kappa shape index (κ1) is 13.2. The van der Waals surface area contributed by atoms with E-state index in [2.05, 4.69) is 0 Å². The first-order chi connectivity index (χ1) is 6.07. The number of carbonyl (C=O) groups is 1. The van der Waals surface area contributed by atoms with Crippen LogP contribution in [0.4, 0.5) is 17.6 Å². The monoisotopic (exact) mass is 215 g/mol. The maximum atomic E-state index is 12.3. The lowest BCUT2D eigenvalue weighted by molar-refractivity contribution is -0.141. The first-order valence-electron chi connectivity index (χ1n) is 4.01. The second-order valence-electron chi connectivity index (χ2n) is 3.99. The van der Waals surface area contributed by atoms with Crippen LogP contribution in [-0.2, 0) is 4.79 Å². The van der Waals surface area contributed by atoms with Gasteiger partial charge in [0.1, 0.15) is 0 Å². The minimum absolute atomic E-state index is 0.683. The van der Waals surface area contributed by atoms with Crippen molar-refractivity contribution in [1.82, 2.24) is 5.32 Å². The second-order valence-corrected chi connectivity index (χ2v) is 3.99. The number of amides is 1. The molecule has 1 amide bonds. The fourth-order valence-electron chi connectivity index (χ4n) is 0.540. The molecule has 0 aromatic heterocycles. The van der Waals surface area contributed by atoms with E-state index in [0.717, 1.165) is 0 Å². The highest BCUT2D eigenvalue weighted by atomic mass is 19.3. The highest BCUT2D eigenvalue weighted by molar-refractivity contribution is 5.81. The molecule has 0 aromatic rings. The minimum Gasteiger partial charge on any atom is -0.349 e. The molecule has 0 aliphatic heterocycles. The van der Waals surface area contributed by atoms with Crippen LogP contribution in [0.25, 0.3) is 0 Å². The van der Waals surface area contributed by atoms with Gasteiger partial charge in [-0.25, -0.2) is 8.78 Å². The lowest BCUT2D eigenvalue weighted by atomic mass is 9.96. The summed E-state index contributed by atoms with van der Waals surface area (Å²) in [6, 6.07) is 0. The van der Waals surface area contributed by atoms with Gasteiger partial charge in [0, 0.05) is 5.41 Å². The van der Waals surface area contributed by atoms with Crippen LogP contribution >= 0.6 is 0 Å². The number of hydrogen-bond acceptors (Lipinski definition) is 1. The molecule has 6 heteroatoms. The second kappa shape index (κ2) is 4.14. The van der Waals surface area contributed by atoms with E-state index in [-0.39, 0.29) is 0 Å². The van der Waals surface area contributed by atoms with E-state index in [1.54, 1.807) is 5.32 Å². The molecule has 0 aliphatic rings. The molecule has 14 heavy (non-hydrogen) atoms. The Hall–Kier alpha value is -0.810. The lowest BCUT2D eigenvalue weighted by Gasteiger charge is -2.21. The summed E-state index contributed by atoms with van der Waals surface area (Å²) < 4.78 is 48.0. The largest absolute Gasteiger partial charge is 0.349 e. The fourth-order valence-corrected chi connectivity index (χ4v) is 0.540. The third-order valence-corrected chi connectivity index (χ3v) is 1.49. The van der Waals surface area contributed by atoms with Gasteiger partial charge in [0.15, 0.2) is 0 Å². The van der Waals surface area contributed by atoms with Crippen molar-refractivity contribution in [2.75, 3.05) is 6.54 Å². The number of nitrogens with one attached hydrogen (secondary N) is 1. The van der Waals surface area contributed by atoms with Gasteiger partial charge in [-0.2, -0.15) is 8.78 Å². The van der Waals surface area contributed by atoms with Gasteiger partial charge < -0.3 is 5.32 Å². The fraction of sp³-hybridized carbons (Fsp3) is 0.875. The average molecular weight is 215 g/mol. The van der Waals surface area contributed by atoms with E-state index >= 15 is 0 Å². The van der Waals surface area contributed by atoms with Crippen LogP contribution in [0.5, 0.6) is 0 Å². The molecule has 0 unspecified atom stereocenters. The smallest absolute Gasteiger partial charge is 0.324 e. The number of hydrogen-bond donors (Lipinski definition) is 1. The van der Waals surface area contributed by atoms with Crippen molar-refractivity contribution in [3.63, 3.8) is 0 Å². The van der Waals surface area contributed by atoms with E-state index in [1.807, 2.05) is 0 Å². The summed E-state index contributed by atoms with van der Waals surface area (Å²) in [5, 5.41) is 1.78. The molecule has 0 saturated heterocycles. The van der Waals surface area contributed by atoms with Crippen molar-refractivity contribution < 1.29 is 22.4 Å². The van der Waals surface area contributed by atoms with Gasteiger partial charge in [0.25, 0.3) is 0 Å². The number of carbonyl (C=O) groups excluding carboxylic acids is 1. The summed E-state index contributed by atoms with van der Waals surface area (Å²) >= 11 is 0. The van der Waals surface area contributed by atoms with Crippen molar-refractivity contribution in [2.45, 2.75) is 33.1 Å². The Morgan fingerprint density at radius 1 is 1.29 bits per heavy atom. The van der Waals surface area contributed by atoms with E-state index in [4.69, 9.17) is 0 Å². The third kappa shape index (κ3) is 3.93. The standard InChI is InChI=1S/C8H13F4NO/c1-7(2,3)6(14)13-4-8(11,12)5(9)10/h5H,4H2,1-3H3,(H,13,14). The molecule has 0 aliphatic carbocycles. The average Bonchev–Trinajstić information content (AvgIpc) is 1.98. The summed E-state index contributed by atoms with van der Waals surface area (Å²) in [4.78, 5) is 11.0. The summed E-state index contributed by atoms with van der Waals surface area (Å²) in [5.41, 5.74) is -0.863. The maximum Gasteiger partial charge on any atom is 0.324 e. The van der Waals surface area contributed by atoms with Crippen molar-refractivity contribution in [3.05, 3.63) is 0 Å². The Bertz CT molecular complexity index is 210. The van der Waals surface area contributed by atoms with Crippen molar-refractivity contribution >= 4 is 5.91 Å². The topological polar surface area (TPSA) is 29.1 Å². The van der Waals surface area contributed by atoms with Gasteiger partial charge in [0.2, 0.25) is 5.91 Å². The Morgan fingerprint density at radius 3 is 2.00 bits per heavy atom. The van der Waals surface area contributed by atoms with Crippen molar-refractivity contribution in [1.29, 1.82) is 0 Å². The molecule has 1 N–H and O–H groups in total. The van der Waals surface area contributed by atoms with Crippen molar-refractivity contribution in [3.8, 4) is 0 Å². The van der Waals surface area contributed by atoms with Crippen LogP contribution in [-0.4, -0.2) is 24.8 Å². The molecule has 0 radical (unpaired) electrons. The van der Waals surface area contributed by atoms with E-state index in [9.17, 15) is 22.4 Å². The molecule has 0 rings (SSSR count). The van der Waals surface area contributed by atoms with Crippen LogP contribution in [0, 0.1) is 5.41 Å². The lowest BCUT2D eigenvalue weighted by Crippen LogP contribution is -2.45. The number of halogens is 4. The van der Waals surface area contributed by atoms with Gasteiger partial charge in [-0.05, 0) is 0 Å². The first-order valence-corrected chi connectivity index (χ1v) is 4.01. The Balaban J connectivity index is 4.14. The highest BCUT2D eigenvalue weighted by Crippen LogP contribution is 2.22. The third-order valence-electron chi connectivity index (χ3n) is 1.49. The van der Waals surface area contributed by atoms with Crippen LogP contribution in [0.15, 0.2) is 0 Å². The Morgan fingerprint density at radius 2 is 1.71 bits per heavy atom. The van der Waals surface area contributed by atoms with Gasteiger partial charge in [-0.3, -0.25) is 4.79 Å². The van der Waals surface area contributed by atoms with E-state index in [1.165, 1.54) is 20.8 Å². The highest BCUT2D eigenvalue weighted by Gasteiger charge is 2.41. The van der Waals surface area contributed by atoms with Crippen LogP contribution in [0.2, 0.25) is 0 Å². The maximum absolute atomic E-state index is 12.3. The van der Waals surface area contributed by atoms with E-state index in [0.29, 0.717) is 0 Å². The summed E-state index contributed by atoms with van der Waals surface area (Å²) in [7, 11) is 0. The molecule has 0 bridgehead atoms. The van der Waals surface area contributed by atoms with E-state index < -0.39 is 30.2 Å². The van der Waals surface area contributed by atoms with Gasteiger partial charge in [-0.1, -0.05) is 20.8 Å². The normalized spacial score (nSPS) is 13.1. The van der Waals surface area contributed by atoms with Crippen LogP contribution in [0.1, 0.15) is 20.8 Å². The number of rotatable bonds is 3. The summed E-state index contributed by atoms with van der Waals surface area (Å²) in [6.07, 6.45) is -3.76. The SMILES string of the molecule is CC(C)(C)C(=O)NCC(F)(F)C(F)F. The summed E-state index contributed by atoms with van der Waals surface area (Å²) in [6.45, 7) is 3.18. The molecule has 84 valence electrons. The molecule has 0 atom stereocenters. The number of alkyl halides is 4. The van der Waals surface area contributed by atoms with Crippen LogP contribution in [0.3, 0.4) is 0 Å². The zero-order chi connectivity index (χ0) is 11.6. The minimum atomic E-state index is -4.17. The molecule has 0 fully saturated rings. The summed E-state index contributed by atoms with van der Waals surface area (Å²) in [5.74, 6) is -4.85. The molecule has 0 heterocycles. The Labute approximate surface area is 79.7 Å². The Kier molecular flexibility index (Phi) is 3.91. The molecule has 2 nitrogen and oxygen atoms in total. The van der Waals surface area contributed by atoms with Crippen LogP contribution < -0.4 is 5.32 Å². The van der Waals surface area contributed by atoms with Gasteiger partial charge in [0.05, 0.1) is 6.54 Å². The zero-order valence-electron chi connectivity index (χ0n) is 8.20. The molecular formula is C8H13F4NO. The zero-order valence-corrected chi connectivity index (χ0v) is 8.20. The van der Waals surface area contributed by atoms with Crippen molar-refractivity contribution in [2.24, 2.45) is 5.41 Å². The molecule has 0 spiro atoms. The predicted molar refractivity (Wildman–Crippen MR) is 43.4 cm³/mol. The quantitative estimate of drug-likeness (QED) is 0.717. The van der Waals surface area contributed by atoms with Gasteiger partial charge in [-0.15, -0.1) is 0 Å². The predicted octanol–water partition coefficient (Wildman–Crippen LogP) is 2.05. The molecule has 0 aromatic carbocycles.